The van der Waals surface area contributed by atoms with Gasteiger partial charge in [-0.1, -0.05) is 13.8 Å². The molecule has 1 fully saturated rings. The predicted octanol–water partition coefficient (Wildman–Crippen LogP) is 1.43. The van der Waals surface area contributed by atoms with E-state index in [2.05, 4.69) is 29.0 Å². The smallest absolute Gasteiger partial charge is 0.252 e. The van der Waals surface area contributed by atoms with Crippen molar-refractivity contribution >= 4 is 5.91 Å². The third-order valence-electron chi connectivity index (χ3n) is 3.74. The first-order chi connectivity index (χ1) is 11.1. The van der Waals surface area contributed by atoms with Gasteiger partial charge in [-0.3, -0.25) is 9.69 Å². The Hall–Kier alpha value is -1.97. The summed E-state index contributed by atoms with van der Waals surface area (Å²) in [5.74, 6) is 0.481. The maximum Gasteiger partial charge on any atom is 0.252 e. The lowest BCUT2D eigenvalue weighted by Gasteiger charge is -2.34. The lowest BCUT2D eigenvalue weighted by molar-refractivity contribution is -0.0344. The normalized spacial score (nSPS) is 18.6. The molecule has 0 radical (unpaired) electrons. The van der Waals surface area contributed by atoms with Gasteiger partial charge in [-0.05, 0) is 24.5 Å². The molecule has 1 aliphatic heterocycles. The summed E-state index contributed by atoms with van der Waals surface area (Å²) in [5, 5.41) is 11.6. The Kier molecular flexibility index (Phi) is 6.51. The fourth-order valence-electron chi connectivity index (χ4n) is 2.68. The van der Waals surface area contributed by atoms with Crippen LogP contribution in [0.25, 0.3) is 0 Å². The Bertz CT molecular complexity index is 551. The van der Waals surface area contributed by atoms with Gasteiger partial charge in [-0.2, -0.15) is 5.26 Å². The van der Waals surface area contributed by atoms with Gasteiger partial charge in [-0.15, -0.1) is 0 Å². The van der Waals surface area contributed by atoms with E-state index in [1.807, 2.05) is 6.07 Å². The van der Waals surface area contributed by atoms with Gasteiger partial charge in [0.25, 0.3) is 5.91 Å². The quantitative estimate of drug-likeness (QED) is 0.859. The van der Waals surface area contributed by atoms with Crippen molar-refractivity contribution in [3.05, 3.63) is 29.6 Å². The van der Waals surface area contributed by atoms with Crippen LogP contribution in [-0.2, 0) is 4.74 Å². The minimum atomic E-state index is -0.170. The molecule has 23 heavy (non-hydrogen) atoms. The molecule has 0 saturated carbocycles. The summed E-state index contributed by atoms with van der Waals surface area (Å²) >= 11 is 0. The van der Waals surface area contributed by atoms with Crippen molar-refractivity contribution in [2.45, 2.75) is 26.4 Å². The molecule has 0 unspecified atom stereocenters. The minimum Gasteiger partial charge on any atom is -0.375 e. The number of aromatic nitrogens is 1. The van der Waals surface area contributed by atoms with Gasteiger partial charge in [0.1, 0.15) is 11.8 Å². The van der Waals surface area contributed by atoms with Crippen molar-refractivity contribution in [2.24, 2.45) is 5.92 Å². The molecular formula is C17H24N4O2. The van der Waals surface area contributed by atoms with Gasteiger partial charge in [-0.25, -0.2) is 4.98 Å². The first kappa shape index (κ1) is 17.4. The zero-order chi connectivity index (χ0) is 16.7. The Labute approximate surface area is 137 Å². The molecule has 1 aromatic heterocycles. The van der Waals surface area contributed by atoms with Crippen molar-refractivity contribution in [3.63, 3.8) is 0 Å². The molecular weight excluding hydrogens is 292 g/mol. The van der Waals surface area contributed by atoms with E-state index in [9.17, 15) is 4.79 Å². The fraction of sp³-hybridized carbons (Fsp3) is 0.588. The molecule has 0 aromatic carbocycles. The standard InChI is InChI=1S/C17H24N4O2/c1-13(2)11-21-7-8-23-16(12-21)5-6-19-17(22)14-3-4-15(9-18)20-10-14/h3-4,10,13,16H,5-8,11-12H2,1-2H3,(H,19,22)/t16-/m1/s1. The molecule has 1 atom stereocenters. The molecule has 1 amide bonds. The summed E-state index contributed by atoms with van der Waals surface area (Å²) in [4.78, 5) is 18.3. The molecule has 1 aromatic rings. The second-order valence-corrected chi connectivity index (χ2v) is 6.23. The third kappa shape index (κ3) is 5.62. The number of pyridine rings is 1. The highest BCUT2D eigenvalue weighted by atomic mass is 16.5. The number of amides is 1. The van der Waals surface area contributed by atoms with Crippen molar-refractivity contribution in [1.29, 1.82) is 5.26 Å². The first-order valence-corrected chi connectivity index (χ1v) is 8.06. The highest BCUT2D eigenvalue weighted by molar-refractivity contribution is 5.93. The van der Waals surface area contributed by atoms with Crippen molar-refractivity contribution < 1.29 is 9.53 Å². The summed E-state index contributed by atoms with van der Waals surface area (Å²) in [7, 11) is 0. The molecule has 1 aliphatic rings. The van der Waals surface area contributed by atoms with E-state index >= 15 is 0 Å². The molecule has 0 spiro atoms. The van der Waals surface area contributed by atoms with Gasteiger partial charge in [0.15, 0.2) is 0 Å². The average Bonchev–Trinajstić information content (AvgIpc) is 2.54. The predicted molar refractivity (Wildman–Crippen MR) is 86.9 cm³/mol. The van der Waals surface area contributed by atoms with Crippen LogP contribution in [0.5, 0.6) is 0 Å². The summed E-state index contributed by atoms with van der Waals surface area (Å²) in [6.45, 7) is 8.75. The zero-order valence-electron chi connectivity index (χ0n) is 13.8. The molecule has 2 rings (SSSR count). The summed E-state index contributed by atoms with van der Waals surface area (Å²) in [6.07, 6.45) is 2.39. The number of carbonyl (C=O) groups excluding carboxylic acids is 1. The van der Waals surface area contributed by atoms with Crippen LogP contribution in [0.15, 0.2) is 18.3 Å². The number of rotatable bonds is 6. The third-order valence-corrected chi connectivity index (χ3v) is 3.74. The Morgan fingerprint density at radius 3 is 3.04 bits per heavy atom. The first-order valence-electron chi connectivity index (χ1n) is 8.06. The average molecular weight is 316 g/mol. The van der Waals surface area contributed by atoms with Crippen LogP contribution in [0.2, 0.25) is 0 Å². The summed E-state index contributed by atoms with van der Waals surface area (Å²) < 4.78 is 5.77. The van der Waals surface area contributed by atoms with Gasteiger partial charge in [0.2, 0.25) is 0 Å². The van der Waals surface area contributed by atoms with E-state index < -0.39 is 0 Å². The van der Waals surface area contributed by atoms with E-state index in [0.717, 1.165) is 32.7 Å². The number of nitriles is 1. The van der Waals surface area contributed by atoms with E-state index in [4.69, 9.17) is 10.00 Å². The number of morpholine rings is 1. The monoisotopic (exact) mass is 316 g/mol. The molecule has 1 saturated heterocycles. The summed E-state index contributed by atoms with van der Waals surface area (Å²) in [6, 6.07) is 5.09. The molecule has 0 bridgehead atoms. The maximum atomic E-state index is 12.0. The number of nitrogens with one attached hydrogen (secondary N) is 1. The zero-order valence-corrected chi connectivity index (χ0v) is 13.8. The molecule has 0 aliphatic carbocycles. The second kappa shape index (κ2) is 8.61. The van der Waals surface area contributed by atoms with Gasteiger partial charge in [0, 0.05) is 32.4 Å². The van der Waals surface area contributed by atoms with E-state index in [-0.39, 0.29) is 12.0 Å². The molecule has 2 heterocycles. The van der Waals surface area contributed by atoms with Crippen LogP contribution >= 0.6 is 0 Å². The molecule has 6 nitrogen and oxygen atoms in total. The van der Waals surface area contributed by atoms with Gasteiger partial charge < -0.3 is 10.1 Å². The highest BCUT2D eigenvalue weighted by Gasteiger charge is 2.20. The molecule has 124 valence electrons. The van der Waals surface area contributed by atoms with Crippen LogP contribution in [0.3, 0.4) is 0 Å². The lowest BCUT2D eigenvalue weighted by Crippen LogP contribution is -2.45. The Morgan fingerprint density at radius 1 is 1.57 bits per heavy atom. The van der Waals surface area contributed by atoms with E-state index in [1.165, 1.54) is 6.20 Å². The van der Waals surface area contributed by atoms with Gasteiger partial charge in [0.05, 0.1) is 18.3 Å². The number of nitrogens with zero attached hydrogens (tertiary/aromatic N) is 3. The largest absolute Gasteiger partial charge is 0.375 e. The van der Waals surface area contributed by atoms with Crippen LogP contribution in [0.1, 0.15) is 36.3 Å². The number of ether oxygens (including phenoxy) is 1. The lowest BCUT2D eigenvalue weighted by atomic mass is 10.1. The fourth-order valence-corrected chi connectivity index (χ4v) is 2.68. The number of hydrogen-bond acceptors (Lipinski definition) is 5. The molecule has 6 heteroatoms. The van der Waals surface area contributed by atoms with Crippen molar-refractivity contribution in [2.75, 3.05) is 32.8 Å². The SMILES string of the molecule is CC(C)CN1CCO[C@H](CCNC(=O)c2ccc(C#N)nc2)C1. The molecule has 1 N–H and O–H groups in total. The van der Waals surface area contributed by atoms with Crippen LogP contribution in [0.4, 0.5) is 0 Å². The highest BCUT2D eigenvalue weighted by Crippen LogP contribution is 2.10. The van der Waals surface area contributed by atoms with Crippen LogP contribution < -0.4 is 5.32 Å². The number of carbonyl (C=O) groups is 1. The minimum absolute atomic E-state index is 0.168. The summed E-state index contributed by atoms with van der Waals surface area (Å²) in [5.41, 5.74) is 0.775. The van der Waals surface area contributed by atoms with Crippen LogP contribution in [0, 0.1) is 17.2 Å². The number of hydrogen-bond donors (Lipinski definition) is 1. The van der Waals surface area contributed by atoms with Gasteiger partial charge >= 0.3 is 0 Å². The second-order valence-electron chi connectivity index (χ2n) is 6.23. The van der Waals surface area contributed by atoms with E-state index in [0.29, 0.717) is 23.7 Å². The van der Waals surface area contributed by atoms with E-state index in [1.54, 1.807) is 12.1 Å². The Morgan fingerprint density at radius 2 is 2.39 bits per heavy atom. The van der Waals surface area contributed by atoms with Crippen molar-refractivity contribution in [3.8, 4) is 6.07 Å². The Balaban J connectivity index is 1.73. The maximum absolute atomic E-state index is 12.0. The topological polar surface area (TPSA) is 78.2 Å². The van der Waals surface area contributed by atoms with Crippen LogP contribution in [-0.4, -0.2) is 54.7 Å². The van der Waals surface area contributed by atoms with Crippen molar-refractivity contribution in [1.82, 2.24) is 15.2 Å².